The maximum Gasteiger partial charge on any atom is 0.0590 e. The van der Waals surface area contributed by atoms with Gasteiger partial charge in [-0.3, -0.25) is 4.90 Å². The van der Waals surface area contributed by atoms with Crippen LogP contribution in [0.1, 0.15) is 6.92 Å². The molecule has 1 aliphatic rings. The van der Waals surface area contributed by atoms with Crippen molar-refractivity contribution < 1.29 is 4.74 Å². The van der Waals surface area contributed by atoms with E-state index in [-0.39, 0.29) is 0 Å². The second kappa shape index (κ2) is 4.21. The highest BCUT2D eigenvalue weighted by atomic mass is 32.2. The van der Waals surface area contributed by atoms with Gasteiger partial charge in [-0.1, -0.05) is 0 Å². The lowest BCUT2D eigenvalue weighted by Crippen LogP contribution is -2.31. The van der Waals surface area contributed by atoms with Crippen molar-refractivity contribution >= 4 is 11.8 Å². The van der Waals surface area contributed by atoms with Crippen LogP contribution < -0.4 is 0 Å². The van der Waals surface area contributed by atoms with Crippen molar-refractivity contribution in [2.45, 2.75) is 13.0 Å². The van der Waals surface area contributed by atoms with Crippen LogP contribution in [0.5, 0.6) is 0 Å². The van der Waals surface area contributed by atoms with Gasteiger partial charge in [0.15, 0.2) is 0 Å². The largest absolute Gasteiger partial charge is 0.383 e. The molecule has 0 spiro atoms. The average Bonchev–Trinajstić information content (AvgIpc) is 2.31. The highest BCUT2D eigenvalue weighted by Gasteiger charge is 2.19. The third-order valence-electron chi connectivity index (χ3n) is 1.82. The summed E-state index contributed by atoms with van der Waals surface area (Å²) in [4.78, 5) is 2.45. The first-order chi connectivity index (χ1) is 4.84. The topological polar surface area (TPSA) is 12.5 Å². The van der Waals surface area contributed by atoms with E-state index in [0.717, 1.165) is 19.2 Å². The monoisotopic (exact) mass is 161 g/mol. The lowest BCUT2D eigenvalue weighted by molar-refractivity contribution is 0.149. The molecule has 2 nitrogen and oxygen atoms in total. The zero-order chi connectivity index (χ0) is 7.40. The zero-order valence-electron chi connectivity index (χ0n) is 6.67. The molecule has 0 saturated carbocycles. The van der Waals surface area contributed by atoms with Gasteiger partial charge in [-0.2, -0.15) is 0 Å². The molecule has 1 saturated heterocycles. The van der Waals surface area contributed by atoms with Gasteiger partial charge in [0.1, 0.15) is 0 Å². The molecule has 1 aliphatic heterocycles. The molecule has 0 aromatic rings. The number of methoxy groups -OCH3 is 1. The minimum atomic E-state index is 0.750. The van der Waals surface area contributed by atoms with Crippen LogP contribution in [0.2, 0.25) is 0 Å². The van der Waals surface area contributed by atoms with Gasteiger partial charge < -0.3 is 4.74 Å². The minimum absolute atomic E-state index is 0.750. The fraction of sp³-hybridized carbons (Fsp3) is 1.00. The third kappa shape index (κ3) is 2.15. The Balaban J connectivity index is 2.14. The Morgan fingerprint density at radius 3 is 3.00 bits per heavy atom. The number of rotatable bonds is 3. The van der Waals surface area contributed by atoms with Crippen LogP contribution in [0.15, 0.2) is 0 Å². The quantitative estimate of drug-likeness (QED) is 0.613. The Kier molecular flexibility index (Phi) is 3.52. The summed E-state index contributed by atoms with van der Waals surface area (Å²) in [6.07, 6.45) is 0. The summed E-state index contributed by atoms with van der Waals surface area (Å²) in [5.41, 5.74) is 0. The van der Waals surface area contributed by atoms with Gasteiger partial charge in [-0.05, 0) is 6.92 Å². The van der Waals surface area contributed by atoms with Crippen LogP contribution in [0.4, 0.5) is 0 Å². The van der Waals surface area contributed by atoms with Crippen LogP contribution in [0.3, 0.4) is 0 Å². The Morgan fingerprint density at radius 2 is 2.50 bits per heavy atom. The van der Waals surface area contributed by atoms with E-state index in [1.807, 2.05) is 11.8 Å². The van der Waals surface area contributed by atoms with E-state index < -0.39 is 0 Å². The molecule has 0 bridgehead atoms. The van der Waals surface area contributed by atoms with Gasteiger partial charge in [0, 0.05) is 31.3 Å². The number of hydrogen-bond donors (Lipinski definition) is 0. The highest BCUT2D eigenvalue weighted by molar-refractivity contribution is 7.99. The van der Waals surface area contributed by atoms with Crippen molar-refractivity contribution in [2.24, 2.45) is 0 Å². The summed E-state index contributed by atoms with van der Waals surface area (Å²) in [6.45, 7) is 4.23. The van der Waals surface area contributed by atoms with Crippen LogP contribution >= 0.6 is 11.8 Å². The molecule has 0 aromatic heterocycles. The summed E-state index contributed by atoms with van der Waals surface area (Å²) >= 11 is 2.01. The lowest BCUT2D eigenvalue weighted by Gasteiger charge is -2.18. The Labute approximate surface area is 66.9 Å². The van der Waals surface area contributed by atoms with Crippen molar-refractivity contribution in [2.75, 3.05) is 31.9 Å². The van der Waals surface area contributed by atoms with Crippen molar-refractivity contribution in [1.82, 2.24) is 4.90 Å². The van der Waals surface area contributed by atoms with Crippen molar-refractivity contribution in [3.63, 3.8) is 0 Å². The summed E-state index contributed by atoms with van der Waals surface area (Å²) in [5.74, 6) is 2.47. The molecule has 1 rings (SSSR count). The van der Waals surface area contributed by atoms with E-state index in [1.54, 1.807) is 7.11 Å². The fourth-order valence-corrected chi connectivity index (χ4v) is 2.34. The summed E-state index contributed by atoms with van der Waals surface area (Å²) in [6, 6.07) is 0.750. The average molecular weight is 161 g/mol. The summed E-state index contributed by atoms with van der Waals surface area (Å²) in [7, 11) is 1.76. The molecule has 10 heavy (non-hydrogen) atoms. The molecular weight excluding hydrogens is 146 g/mol. The smallest absolute Gasteiger partial charge is 0.0590 e. The van der Waals surface area contributed by atoms with Gasteiger partial charge >= 0.3 is 0 Å². The van der Waals surface area contributed by atoms with Crippen LogP contribution in [-0.4, -0.2) is 42.8 Å². The summed E-state index contributed by atoms with van der Waals surface area (Å²) in [5, 5.41) is 0. The Hall–Kier alpha value is 0.270. The maximum atomic E-state index is 5.00. The molecule has 1 heterocycles. The minimum Gasteiger partial charge on any atom is -0.383 e. The number of nitrogens with zero attached hydrogens (tertiary/aromatic N) is 1. The predicted molar refractivity (Wildman–Crippen MR) is 45.4 cm³/mol. The molecule has 1 fully saturated rings. The molecule has 0 amide bonds. The number of hydrogen-bond acceptors (Lipinski definition) is 3. The molecule has 3 heteroatoms. The lowest BCUT2D eigenvalue weighted by atomic mass is 10.3. The van der Waals surface area contributed by atoms with E-state index in [1.165, 1.54) is 11.6 Å². The van der Waals surface area contributed by atoms with E-state index >= 15 is 0 Å². The van der Waals surface area contributed by atoms with Crippen LogP contribution in [0.25, 0.3) is 0 Å². The van der Waals surface area contributed by atoms with Gasteiger partial charge in [-0.25, -0.2) is 0 Å². The Morgan fingerprint density at radius 1 is 1.70 bits per heavy atom. The standard InChI is InChI=1S/C7H15NOS/c1-7-5-10-6-8(7)3-4-9-2/h7H,3-6H2,1-2H3/t7-/m0/s1. The molecule has 0 unspecified atom stereocenters. The van der Waals surface area contributed by atoms with Gasteiger partial charge in [0.05, 0.1) is 6.61 Å². The molecule has 60 valence electrons. The zero-order valence-corrected chi connectivity index (χ0v) is 7.49. The molecular formula is C7H15NOS. The van der Waals surface area contributed by atoms with Crippen molar-refractivity contribution in [1.29, 1.82) is 0 Å². The van der Waals surface area contributed by atoms with Crippen LogP contribution in [0, 0.1) is 0 Å². The van der Waals surface area contributed by atoms with Gasteiger partial charge in [-0.15, -0.1) is 11.8 Å². The molecule has 0 aromatic carbocycles. The SMILES string of the molecule is COCCN1CSC[C@@H]1C. The second-order valence-electron chi connectivity index (χ2n) is 2.65. The molecule has 0 N–H and O–H groups in total. The first-order valence-corrected chi connectivity index (χ1v) is 4.81. The molecule has 1 atom stereocenters. The first-order valence-electron chi connectivity index (χ1n) is 3.65. The Bertz CT molecular complexity index is 99.6. The maximum absolute atomic E-state index is 5.00. The molecule has 0 radical (unpaired) electrons. The highest BCUT2D eigenvalue weighted by Crippen LogP contribution is 2.19. The first kappa shape index (κ1) is 8.37. The number of ether oxygens (including phenoxy) is 1. The molecule has 0 aliphatic carbocycles. The van der Waals surface area contributed by atoms with Crippen molar-refractivity contribution in [3.8, 4) is 0 Å². The van der Waals surface area contributed by atoms with E-state index in [2.05, 4.69) is 11.8 Å². The van der Waals surface area contributed by atoms with E-state index in [9.17, 15) is 0 Å². The van der Waals surface area contributed by atoms with E-state index in [4.69, 9.17) is 4.74 Å². The number of thioether (sulfide) groups is 1. The van der Waals surface area contributed by atoms with Crippen molar-refractivity contribution in [3.05, 3.63) is 0 Å². The normalized spacial score (nSPS) is 27.6. The predicted octanol–water partition coefficient (Wildman–Crippen LogP) is 1.03. The third-order valence-corrected chi connectivity index (χ3v) is 3.05. The van der Waals surface area contributed by atoms with Gasteiger partial charge in [0.25, 0.3) is 0 Å². The van der Waals surface area contributed by atoms with Gasteiger partial charge in [0.2, 0.25) is 0 Å². The second-order valence-corrected chi connectivity index (χ2v) is 3.65. The van der Waals surface area contributed by atoms with Crippen LogP contribution in [-0.2, 0) is 4.74 Å². The van der Waals surface area contributed by atoms with E-state index in [0.29, 0.717) is 0 Å². The fourth-order valence-electron chi connectivity index (χ4n) is 1.07. The summed E-state index contributed by atoms with van der Waals surface area (Å²) < 4.78 is 5.00.